The van der Waals surface area contributed by atoms with Crippen LogP contribution in [-0.2, 0) is 6.54 Å². The van der Waals surface area contributed by atoms with Gasteiger partial charge in [0.25, 0.3) is 0 Å². The maximum atomic E-state index is 5.79. The van der Waals surface area contributed by atoms with Crippen LogP contribution < -0.4 is 4.74 Å². The standard InChI is InChI=1S/C13H15ClN2O/c14-12-3-5-13(6-4-12)17-10-2-1-8-16-9-7-15-11-16/h3-7,9,11H,1-2,8,10H2. The quantitative estimate of drug-likeness (QED) is 0.735. The van der Waals surface area contributed by atoms with Crippen molar-refractivity contribution in [2.75, 3.05) is 6.61 Å². The van der Waals surface area contributed by atoms with Gasteiger partial charge in [0, 0.05) is 24.0 Å². The fourth-order valence-corrected chi connectivity index (χ4v) is 1.66. The maximum absolute atomic E-state index is 5.79. The Morgan fingerprint density at radius 2 is 2.00 bits per heavy atom. The molecule has 4 heteroatoms. The third-order valence-electron chi connectivity index (χ3n) is 2.45. The number of hydrogen-bond acceptors (Lipinski definition) is 2. The van der Waals surface area contributed by atoms with Gasteiger partial charge in [-0.3, -0.25) is 0 Å². The first-order valence-electron chi connectivity index (χ1n) is 5.69. The topological polar surface area (TPSA) is 27.1 Å². The molecule has 3 nitrogen and oxygen atoms in total. The van der Waals surface area contributed by atoms with Gasteiger partial charge >= 0.3 is 0 Å². The van der Waals surface area contributed by atoms with Gasteiger partial charge in [0.2, 0.25) is 0 Å². The third kappa shape index (κ3) is 4.11. The van der Waals surface area contributed by atoms with Crippen LogP contribution in [-0.4, -0.2) is 16.2 Å². The molecule has 1 heterocycles. The zero-order valence-corrected chi connectivity index (χ0v) is 10.3. The zero-order valence-electron chi connectivity index (χ0n) is 9.55. The molecular formula is C13H15ClN2O. The molecular weight excluding hydrogens is 236 g/mol. The Kier molecular flexibility index (Phi) is 4.45. The largest absolute Gasteiger partial charge is 0.494 e. The first-order valence-corrected chi connectivity index (χ1v) is 6.06. The predicted octanol–water partition coefficient (Wildman–Crippen LogP) is 3.40. The van der Waals surface area contributed by atoms with Gasteiger partial charge in [-0.1, -0.05) is 11.6 Å². The molecule has 17 heavy (non-hydrogen) atoms. The molecule has 0 atom stereocenters. The van der Waals surface area contributed by atoms with E-state index in [1.807, 2.05) is 36.8 Å². The van der Waals surface area contributed by atoms with Crippen molar-refractivity contribution < 1.29 is 4.74 Å². The second kappa shape index (κ2) is 6.30. The fourth-order valence-electron chi connectivity index (χ4n) is 1.54. The summed E-state index contributed by atoms with van der Waals surface area (Å²) in [6.07, 6.45) is 7.72. The number of imidazole rings is 1. The van der Waals surface area contributed by atoms with Crippen LogP contribution in [0.2, 0.25) is 5.02 Å². The van der Waals surface area contributed by atoms with E-state index in [4.69, 9.17) is 16.3 Å². The van der Waals surface area contributed by atoms with E-state index in [2.05, 4.69) is 9.55 Å². The van der Waals surface area contributed by atoms with E-state index in [-0.39, 0.29) is 0 Å². The summed E-state index contributed by atoms with van der Waals surface area (Å²) in [6.45, 7) is 1.72. The molecule has 0 aliphatic heterocycles. The van der Waals surface area contributed by atoms with Crippen LogP contribution in [0.15, 0.2) is 43.0 Å². The van der Waals surface area contributed by atoms with E-state index in [1.54, 1.807) is 6.20 Å². The number of ether oxygens (including phenoxy) is 1. The molecule has 0 amide bonds. The van der Waals surface area contributed by atoms with Crippen molar-refractivity contribution in [3.8, 4) is 5.75 Å². The molecule has 0 aliphatic rings. The van der Waals surface area contributed by atoms with Gasteiger partial charge in [0.05, 0.1) is 12.9 Å². The summed E-state index contributed by atoms with van der Waals surface area (Å²) in [5.41, 5.74) is 0. The van der Waals surface area contributed by atoms with Gasteiger partial charge in [-0.25, -0.2) is 4.98 Å². The number of unbranched alkanes of at least 4 members (excludes halogenated alkanes) is 1. The minimum absolute atomic E-state index is 0.732. The summed E-state index contributed by atoms with van der Waals surface area (Å²) in [5, 5.41) is 0.734. The Hall–Kier alpha value is -1.48. The summed E-state index contributed by atoms with van der Waals surface area (Å²) in [7, 11) is 0. The van der Waals surface area contributed by atoms with Crippen molar-refractivity contribution in [3.63, 3.8) is 0 Å². The van der Waals surface area contributed by atoms with Gasteiger partial charge < -0.3 is 9.30 Å². The minimum Gasteiger partial charge on any atom is -0.494 e. The van der Waals surface area contributed by atoms with Gasteiger partial charge in [0.1, 0.15) is 5.75 Å². The zero-order chi connectivity index (χ0) is 11.9. The second-order valence-corrected chi connectivity index (χ2v) is 4.25. The summed E-state index contributed by atoms with van der Waals surface area (Å²) < 4.78 is 7.67. The molecule has 90 valence electrons. The van der Waals surface area contributed by atoms with E-state index in [0.717, 1.165) is 36.8 Å². The number of benzene rings is 1. The average Bonchev–Trinajstić information content (AvgIpc) is 2.84. The predicted molar refractivity (Wildman–Crippen MR) is 68.4 cm³/mol. The maximum Gasteiger partial charge on any atom is 0.119 e. The first kappa shape index (κ1) is 12.0. The monoisotopic (exact) mass is 250 g/mol. The van der Waals surface area contributed by atoms with Crippen molar-refractivity contribution >= 4 is 11.6 Å². The average molecular weight is 251 g/mol. The lowest BCUT2D eigenvalue weighted by Crippen LogP contribution is -2.00. The Morgan fingerprint density at radius 1 is 1.18 bits per heavy atom. The number of rotatable bonds is 6. The highest BCUT2D eigenvalue weighted by molar-refractivity contribution is 6.30. The Morgan fingerprint density at radius 3 is 2.71 bits per heavy atom. The van der Waals surface area contributed by atoms with E-state index in [1.165, 1.54) is 0 Å². The molecule has 0 aliphatic carbocycles. The number of aryl methyl sites for hydroxylation is 1. The lowest BCUT2D eigenvalue weighted by Gasteiger charge is -2.06. The molecule has 0 saturated heterocycles. The smallest absolute Gasteiger partial charge is 0.119 e. The van der Waals surface area contributed by atoms with Gasteiger partial charge in [-0.05, 0) is 37.1 Å². The number of nitrogens with zero attached hydrogens (tertiary/aromatic N) is 2. The highest BCUT2D eigenvalue weighted by Gasteiger charge is 1.95. The Balaban J connectivity index is 1.61. The van der Waals surface area contributed by atoms with E-state index in [9.17, 15) is 0 Å². The van der Waals surface area contributed by atoms with Crippen LogP contribution >= 0.6 is 11.6 Å². The molecule has 0 fully saturated rings. The van der Waals surface area contributed by atoms with E-state index in [0.29, 0.717) is 0 Å². The van der Waals surface area contributed by atoms with Crippen LogP contribution in [0.25, 0.3) is 0 Å². The van der Waals surface area contributed by atoms with Crippen molar-refractivity contribution in [2.45, 2.75) is 19.4 Å². The SMILES string of the molecule is Clc1ccc(OCCCCn2ccnc2)cc1. The summed E-state index contributed by atoms with van der Waals surface area (Å²) in [4.78, 5) is 4.00. The Bertz CT molecular complexity index is 425. The highest BCUT2D eigenvalue weighted by atomic mass is 35.5. The van der Waals surface area contributed by atoms with Crippen LogP contribution in [0.1, 0.15) is 12.8 Å². The lowest BCUT2D eigenvalue weighted by atomic mass is 10.3. The van der Waals surface area contributed by atoms with Crippen molar-refractivity contribution in [1.82, 2.24) is 9.55 Å². The molecule has 0 radical (unpaired) electrons. The molecule has 0 unspecified atom stereocenters. The van der Waals surface area contributed by atoms with Crippen molar-refractivity contribution in [2.24, 2.45) is 0 Å². The second-order valence-electron chi connectivity index (χ2n) is 3.81. The molecule has 1 aromatic carbocycles. The molecule has 2 aromatic rings. The van der Waals surface area contributed by atoms with E-state index < -0.39 is 0 Å². The van der Waals surface area contributed by atoms with Gasteiger partial charge in [-0.2, -0.15) is 0 Å². The molecule has 0 saturated carbocycles. The molecule has 0 bridgehead atoms. The van der Waals surface area contributed by atoms with Gasteiger partial charge in [0.15, 0.2) is 0 Å². The third-order valence-corrected chi connectivity index (χ3v) is 2.70. The first-order chi connectivity index (χ1) is 8.34. The van der Waals surface area contributed by atoms with Crippen molar-refractivity contribution in [1.29, 1.82) is 0 Å². The molecule has 0 spiro atoms. The molecule has 2 rings (SSSR count). The fraction of sp³-hybridized carbons (Fsp3) is 0.308. The Labute approximate surface area is 106 Å². The van der Waals surface area contributed by atoms with Crippen LogP contribution in [0.5, 0.6) is 5.75 Å². The highest BCUT2D eigenvalue weighted by Crippen LogP contribution is 2.15. The normalized spacial score (nSPS) is 10.4. The van der Waals surface area contributed by atoms with Crippen LogP contribution in [0.4, 0.5) is 0 Å². The molecule has 1 aromatic heterocycles. The summed E-state index contributed by atoms with van der Waals surface area (Å²) >= 11 is 5.79. The summed E-state index contributed by atoms with van der Waals surface area (Å²) in [5.74, 6) is 0.872. The van der Waals surface area contributed by atoms with Crippen molar-refractivity contribution in [3.05, 3.63) is 48.0 Å². The lowest BCUT2D eigenvalue weighted by molar-refractivity contribution is 0.303. The number of halogens is 1. The van der Waals surface area contributed by atoms with E-state index >= 15 is 0 Å². The number of hydrogen-bond donors (Lipinski definition) is 0. The number of aromatic nitrogens is 2. The minimum atomic E-state index is 0.732. The summed E-state index contributed by atoms with van der Waals surface area (Å²) in [6, 6.07) is 7.45. The van der Waals surface area contributed by atoms with Crippen LogP contribution in [0, 0.1) is 0 Å². The molecule has 0 N–H and O–H groups in total. The van der Waals surface area contributed by atoms with Crippen LogP contribution in [0.3, 0.4) is 0 Å². The van der Waals surface area contributed by atoms with Gasteiger partial charge in [-0.15, -0.1) is 0 Å².